The van der Waals surface area contributed by atoms with Gasteiger partial charge >= 0.3 is 0 Å². The van der Waals surface area contributed by atoms with Crippen molar-refractivity contribution in [3.8, 4) is 0 Å². The average Bonchev–Trinajstić information content (AvgIpc) is 2.32. The monoisotopic (exact) mass is 217 g/mol. The number of nitrogens with one attached hydrogen (secondary N) is 1. The Hall–Kier alpha value is -1.57. The van der Waals surface area contributed by atoms with Crippen molar-refractivity contribution in [2.45, 2.75) is 25.7 Å². The predicted octanol–water partition coefficient (Wildman–Crippen LogP) is 3.20. The average molecular weight is 217 g/mol. The van der Waals surface area contributed by atoms with Crippen molar-refractivity contribution in [2.75, 3.05) is 11.9 Å². The van der Waals surface area contributed by atoms with Gasteiger partial charge in [0, 0.05) is 18.7 Å². The summed E-state index contributed by atoms with van der Waals surface area (Å²) in [5.74, 6) is 0. The Morgan fingerprint density at radius 3 is 2.56 bits per heavy atom. The van der Waals surface area contributed by atoms with Crippen LogP contribution in [-0.2, 0) is 11.2 Å². The Morgan fingerprint density at radius 2 is 1.94 bits per heavy atom. The maximum Gasteiger partial charge on any atom is 0.121 e. The van der Waals surface area contributed by atoms with Crippen molar-refractivity contribution in [1.29, 1.82) is 0 Å². The summed E-state index contributed by atoms with van der Waals surface area (Å²) in [5, 5.41) is 3.19. The molecule has 0 spiro atoms. The van der Waals surface area contributed by atoms with Crippen molar-refractivity contribution >= 4 is 12.0 Å². The van der Waals surface area contributed by atoms with Crippen molar-refractivity contribution in [2.24, 2.45) is 0 Å². The molecule has 0 saturated heterocycles. The smallest absolute Gasteiger partial charge is 0.121 e. The van der Waals surface area contributed by atoms with Crippen LogP contribution >= 0.6 is 0 Å². The largest absolute Gasteiger partial charge is 0.385 e. The number of unbranched alkanes of at least 4 members (excludes halogenated alkanes) is 1. The second-order valence-corrected chi connectivity index (χ2v) is 3.76. The first kappa shape index (κ1) is 12.5. The van der Waals surface area contributed by atoms with Crippen molar-refractivity contribution in [3.63, 3.8) is 0 Å². The SMILES string of the molecule is C=CCCCc1ccc(NCCC=O)cc1. The molecule has 0 fully saturated rings. The van der Waals surface area contributed by atoms with Gasteiger partial charge in [-0.25, -0.2) is 0 Å². The molecule has 1 N–H and O–H groups in total. The summed E-state index contributed by atoms with van der Waals surface area (Å²) in [6.45, 7) is 4.42. The minimum atomic E-state index is 0.557. The first-order chi connectivity index (χ1) is 7.86. The van der Waals surface area contributed by atoms with Crippen LogP contribution in [0.4, 0.5) is 5.69 Å². The molecule has 0 bridgehead atoms. The van der Waals surface area contributed by atoms with Gasteiger partial charge in [-0.2, -0.15) is 0 Å². The molecule has 1 aromatic carbocycles. The maximum absolute atomic E-state index is 10.1. The highest BCUT2D eigenvalue weighted by molar-refractivity contribution is 5.52. The van der Waals surface area contributed by atoms with Gasteiger partial charge in [0.15, 0.2) is 0 Å². The number of carbonyl (C=O) groups is 1. The van der Waals surface area contributed by atoms with Crippen LogP contribution in [0.3, 0.4) is 0 Å². The number of rotatable bonds is 8. The summed E-state index contributed by atoms with van der Waals surface area (Å²) in [5.41, 5.74) is 2.43. The lowest BCUT2D eigenvalue weighted by molar-refractivity contribution is -0.107. The van der Waals surface area contributed by atoms with E-state index in [1.807, 2.05) is 6.08 Å². The summed E-state index contributed by atoms with van der Waals surface area (Å²) in [6, 6.07) is 8.39. The highest BCUT2D eigenvalue weighted by Gasteiger charge is 1.94. The molecule has 0 amide bonds. The van der Waals surface area contributed by atoms with Gasteiger partial charge in [0.25, 0.3) is 0 Å². The van der Waals surface area contributed by atoms with Crippen LogP contribution < -0.4 is 5.32 Å². The molecule has 2 nitrogen and oxygen atoms in total. The topological polar surface area (TPSA) is 29.1 Å². The number of aldehydes is 1. The van der Waals surface area contributed by atoms with E-state index in [9.17, 15) is 4.79 Å². The predicted molar refractivity (Wildman–Crippen MR) is 68.7 cm³/mol. The summed E-state index contributed by atoms with van der Waals surface area (Å²) in [4.78, 5) is 10.1. The lowest BCUT2D eigenvalue weighted by atomic mass is 10.1. The van der Waals surface area contributed by atoms with E-state index in [4.69, 9.17) is 0 Å². The number of carbonyl (C=O) groups excluding carboxylic acids is 1. The fraction of sp³-hybridized carbons (Fsp3) is 0.357. The molecule has 1 rings (SSSR count). The van der Waals surface area contributed by atoms with Crippen LogP contribution in [0.5, 0.6) is 0 Å². The third-order valence-electron chi connectivity index (χ3n) is 2.42. The van der Waals surface area contributed by atoms with Crippen molar-refractivity contribution in [3.05, 3.63) is 42.5 Å². The van der Waals surface area contributed by atoms with Crippen LogP contribution in [0.15, 0.2) is 36.9 Å². The molecule has 0 aromatic heterocycles. The highest BCUT2D eigenvalue weighted by atomic mass is 16.1. The van der Waals surface area contributed by atoms with E-state index in [-0.39, 0.29) is 0 Å². The molecule has 1 aromatic rings. The van der Waals surface area contributed by atoms with E-state index in [1.165, 1.54) is 5.56 Å². The third-order valence-corrected chi connectivity index (χ3v) is 2.42. The van der Waals surface area contributed by atoms with E-state index < -0.39 is 0 Å². The minimum Gasteiger partial charge on any atom is -0.385 e. The van der Waals surface area contributed by atoms with Crippen molar-refractivity contribution in [1.82, 2.24) is 0 Å². The van der Waals surface area contributed by atoms with Gasteiger partial charge in [0.1, 0.15) is 6.29 Å². The summed E-state index contributed by atoms with van der Waals surface area (Å²) in [7, 11) is 0. The normalized spacial score (nSPS) is 9.75. The van der Waals surface area contributed by atoms with E-state index in [2.05, 4.69) is 36.2 Å². The number of hydrogen-bond acceptors (Lipinski definition) is 2. The Labute approximate surface area is 97.4 Å². The first-order valence-electron chi connectivity index (χ1n) is 5.74. The second kappa shape index (κ2) is 7.69. The van der Waals surface area contributed by atoms with Crippen LogP contribution in [0.2, 0.25) is 0 Å². The molecule has 0 radical (unpaired) electrons. The number of anilines is 1. The second-order valence-electron chi connectivity index (χ2n) is 3.76. The zero-order valence-corrected chi connectivity index (χ0v) is 9.61. The minimum absolute atomic E-state index is 0.557. The molecular formula is C14H19NO. The molecule has 0 atom stereocenters. The first-order valence-corrected chi connectivity index (χ1v) is 5.74. The van der Waals surface area contributed by atoms with Gasteiger partial charge in [-0.15, -0.1) is 6.58 Å². The van der Waals surface area contributed by atoms with Crippen LogP contribution in [0.25, 0.3) is 0 Å². The molecule has 0 aliphatic heterocycles. The lowest BCUT2D eigenvalue weighted by Gasteiger charge is -2.05. The lowest BCUT2D eigenvalue weighted by Crippen LogP contribution is -2.01. The molecule has 0 saturated carbocycles. The zero-order chi connectivity index (χ0) is 11.6. The fourth-order valence-corrected chi connectivity index (χ4v) is 1.52. The Morgan fingerprint density at radius 1 is 1.19 bits per heavy atom. The van der Waals surface area contributed by atoms with E-state index in [1.54, 1.807) is 0 Å². The molecule has 2 heteroatoms. The molecule has 0 aliphatic carbocycles. The van der Waals surface area contributed by atoms with Gasteiger partial charge in [0.05, 0.1) is 0 Å². The van der Waals surface area contributed by atoms with Gasteiger partial charge < -0.3 is 10.1 Å². The number of aryl methyl sites for hydroxylation is 1. The third kappa shape index (κ3) is 4.78. The Kier molecular flexibility index (Phi) is 6.00. The maximum atomic E-state index is 10.1. The van der Waals surface area contributed by atoms with E-state index >= 15 is 0 Å². The molecule has 86 valence electrons. The molecule has 0 aliphatic rings. The summed E-state index contributed by atoms with van der Waals surface area (Å²) in [6.07, 6.45) is 6.76. The number of hydrogen-bond donors (Lipinski definition) is 1. The van der Waals surface area contributed by atoms with Gasteiger partial charge in [0.2, 0.25) is 0 Å². The van der Waals surface area contributed by atoms with Crippen LogP contribution in [0.1, 0.15) is 24.8 Å². The molecular weight excluding hydrogens is 198 g/mol. The summed E-state index contributed by atoms with van der Waals surface area (Å²) >= 11 is 0. The van der Waals surface area contributed by atoms with E-state index in [0.717, 1.165) is 31.2 Å². The van der Waals surface area contributed by atoms with Crippen LogP contribution in [0, 0.1) is 0 Å². The summed E-state index contributed by atoms with van der Waals surface area (Å²) < 4.78 is 0. The highest BCUT2D eigenvalue weighted by Crippen LogP contribution is 2.11. The molecule has 0 unspecified atom stereocenters. The van der Waals surface area contributed by atoms with Gasteiger partial charge in [-0.05, 0) is 37.0 Å². The van der Waals surface area contributed by atoms with Crippen molar-refractivity contribution < 1.29 is 4.79 Å². The van der Waals surface area contributed by atoms with Crippen LogP contribution in [-0.4, -0.2) is 12.8 Å². The Balaban J connectivity index is 2.35. The van der Waals surface area contributed by atoms with E-state index in [0.29, 0.717) is 13.0 Å². The zero-order valence-electron chi connectivity index (χ0n) is 9.61. The number of benzene rings is 1. The standard InChI is InChI=1S/C14H19NO/c1-2-3-4-6-13-7-9-14(10-8-13)15-11-5-12-16/h2,7-10,12,15H,1,3-6,11H2. The number of allylic oxidation sites excluding steroid dienone is 1. The molecule has 0 heterocycles. The quantitative estimate of drug-likeness (QED) is 0.411. The fourth-order valence-electron chi connectivity index (χ4n) is 1.52. The van der Waals surface area contributed by atoms with Gasteiger partial charge in [-0.1, -0.05) is 18.2 Å². The molecule has 16 heavy (non-hydrogen) atoms. The Bertz CT molecular complexity index is 283. The van der Waals surface area contributed by atoms with Gasteiger partial charge in [-0.3, -0.25) is 0 Å².